The summed E-state index contributed by atoms with van der Waals surface area (Å²) in [6.07, 6.45) is -4.03. The van der Waals surface area contributed by atoms with Crippen molar-refractivity contribution in [2.45, 2.75) is 44.1 Å². The number of amides is 1. The largest absolute Gasteiger partial charge is 0.389 e. The van der Waals surface area contributed by atoms with E-state index in [9.17, 15) is 18.0 Å². The van der Waals surface area contributed by atoms with Crippen molar-refractivity contribution in [3.05, 3.63) is 11.9 Å². The number of alkyl halides is 3. The lowest BCUT2D eigenvalue weighted by Crippen LogP contribution is -2.25. The zero-order chi connectivity index (χ0) is 16.9. The number of carbonyl (C=O) groups excluding carboxylic acids is 1. The monoisotopic (exact) mass is 336 g/mol. The summed E-state index contributed by atoms with van der Waals surface area (Å²) in [5.74, 6) is -0.442. The Balaban J connectivity index is 1.75. The second kappa shape index (κ2) is 7.73. The first-order valence-corrected chi connectivity index (χ1v) is 7.24. The Morgan fingerprint density at radius 3 is 3.00 bits per heavy atom. The molecule has 0 radical (unpaired) electrons. The van der Waals surface area contributed by atoms with Gasteiger partial charge in [0.05, 0.1) is 26.0 Å². The van der Waals surface area contributed by atoms with E-state index in [0.717, 1.165) is 0 Å². The normalized spacial score (nSPS) is 21.6. The van der Waals surface area contributed by atoms with Gasteiger partial charge in [0.25, 0.3) is 0 Å². The lowest BCUT2D eigenvalue weighted by atomic mass is 10.2. The molecule has 1 aliphatic rings. The zero-order valence-electron chi connectivity index (χ0n) is 12.7. The summed E-state index contributed by atoms with van der Waals surface area (Å²) in [7, 11) is 1.59. The molecule has 0 saturated carbocycles. The van der Waals surface area contributed by atoms with Gasteiger partial charge in [-0.25, -0.2) is 4.68 Å². The van der Waals surface area contributed by atoms with Gasteiger partial charge in [0.15, 0.2) is 0 Å². The van der Waals surface area contributed by atoms with Crippen molar-refractivity contribution in [1.29, 1.82) is 0 Å². The van der Waals surface area contributed by atoms with Crippen LogP contribution in [-0.2, 0) is 20.8 Å². The molecule has 0 spiro atoms. The Morgan fingerprint density at radius 2 is 2.30 bits per heavy atom. The molecular weight excluding hydrogens is 317 g/mol. The van der Waals surface area contributed by atoms with Crippen molar-refractivity contribution in [1.82, 2.24) is 20.3 Å². The molecule has 1 aromatic rings. The third-order valence-corrected chi connectivity index (χ3v) is 3.53. The molecule has 2 heterocycles. The van der Waals surface area contributed by atoms with Crippen LogP contribution in [0.1, 0.15) is 31.0 Å². The minimum atomic E-state index is -4.23. The summed E-state index contributed by atoms with van der Waals surface area (Å²) in [6, 6.07) is -0.0799. The summed E-state index contributed by atoms with van der Waals surface area (Å²) in [4.78, 5) is 11.5. The first-order chi connectivity index (χ1) is 10.9. The van der Waals surface area contributed by atoms with Gasteiger partial charge >= 0.3 is 6.18 Å². The van der Waals surface area contributed by atoms with E-state index in [4.69, 9.17) is 9.47 Å². The lowest BCUT2D eigenvalue weighted by Gasteiger charge is -2.15. The van der Waals surface area contributed by atoms with Crippen LogP contribution in [0, 0.1) is 0 Å². The van der Waals surface area contributed by atoms with Gasteiger partial charge in [0, 0.05) is 20.0 Å². The minimum absolute atomic E-state index is 0.0799. The molecule has 0 bridgehead atoms. The third kappa shape index (κ3) is 5.47. The average Bonchev–Trinajstić information content (AvgIpc) is 3.12. The SMILES string of the molecule is CO[C@@H]1COC[C@H]1n1cc(CNC(=O)CCCC(F)(F)F)nn1. The Bertz CT molecular complexity index is 521. The fourth-order valence-corrected chi connectivity index (χ4v) is 2.28. The van der Waals surface area contributed by atoms with Crippen LogP contribution in [0.2, 0.25) is 0 Å². The van der Waals surface area contributed by atoms with Gasteiger partial charge in [0.1, 0.15) is 17.8 Å². The van der Waals surface area contributed by atoms with Crippen molar-refractivity contribution in [3.8, 4) is 0 Å². The number of hydrogen-bond donors (Lipinski definition) is 1. The third-order valence-electron chi connectivity index (χ3n) is 3.53. The topological polar surface area (TPSA) is 78.3 Å². The molecule has 1 fully saturated rings. The van der Waals surface area contributed by atoms with Crippen LogP contribution in [0.3, 0.4) is 0 Å². The molecule has 1 aromatic heterocycles. The Labute approximate surface area is 131 Å². The molecule has 1 aliphatic heterocycles. The highest BCUT2D eigenvalue weighted by Gasteiger charge is 2.30. The maximum atomic E-state index is 12.0. The van der Waals surface area contributed by atoms with E-state index in [-0.39, 0.29) is 31.5 Å². The summed E-state index contributed by atoms with van der Waals surface area (Å²) in [6.45, 7) is 1.06. The van der Waals surface area contributed by atoms with Crippen LogP contribution in [0.25, 0.3) is 0 Å². The van der Waals surface area contributed by atoms with E-state index >= 15 is 0 Å². The summed E-state index contributed by atoms with van der Waals surface area (Å²) < 4.78 is 48.2. The van der Waals surface area contributed by atoms with Crippen molar-refractivity contribution < 1.29 is 27.4 Å². The van der Waals surface area contributed by atoms with Crippen molar-refractivity contribution in [3.63, 3.8) is 0 Å². The molecule has 7 nitrogen and oxygen atoms in total. The van der Waals surface area contributed by atoms with Crippen LogP contribution >= 0.6 is 0 Å². The van der Waals surface area contributed by atoms with E-state index in [1.54, 1.807) is 18.0 Å². The molecule has 1 saturated heterocycles. The highest BCUT2D eigenvalue weighted by molar-refractivity contribution is 5.75. The highest BCUT2D eigenvalue weighted by atomic mass is 19.4. The number of nitrogens with zero attached hydrogens (tertiary/aromatic N) is 3. The van der Waals surface area contributed by atoms with Gasteiger partial charge in [-0.1, -0.05) is 5.21 Å². The predicted molar refractivity (Wildman–Crippen MR) is 72.4 cm³/mol. The van der Waals surface area contributed by atoms with E-state index in [0.29, 0.717) is 18.9 Å². The number of hydrogen-bond acceptors (Lipinski definition) is 5. The number of rotatable bonds is 7. The molecular formula is C13H19F3N4O3. The standard InChI is InChI=1S/C13H19F3N4O3/c1-22-11-8-23-7-10(11)20-6-9(18-19-20)5-17-12(21)3-2-4-13(14,15)16/h6,10-11H,2-5,7-8H2,1H3,(H,17,21)/t10-,11-/m1/s1. The second-order valence-electron chi connectivity index (χ2n) is 5.31. The smallest absolute Gasteiger partial charge is 0.377 e. The van der Waals surface area contributed by atoms with Crippen LogP contribution in [0.15, 0.2) is 6.20 Å². The molecule has 1 amide bonds. The fourth-order valence-electron chi connectivity index (χ4n) is 2.28. The lowest BCUT2D eigenvalue weighted by molar-refractivity contribution is -0.137. The number of nitrogens with one attached hydrogen (secondary N) is 1. The van der Waals surface area contributed by atoms with Gasteiger partial charge in [-0.3, -0.25) is 4.79 Å². The molecule has 1 N–H and O–H groups in total. The van der Waals surface area contributed by atoms with Crippen molar-refractivity contribution >= 4 is 5.91 Å². The first kappa shape index (κ1) is 17.7. The second-order valence-corrected chi connectivity index (χ2v) is 5.31. The van der Waals surface area contributed by atoms with Crippen LogP contribution in [0.4, 0.5) is 13.2 Å². The van der Waals surface area contributed by atoms with E-state index in [2.05, 4.69) is 15.6 Å². The Hall–Kier alpha value is -1.68. The number of halogens is 3. The number of ether oxygens (including phenoxy) is 2. The minimum Gasteiger partial charge on any atom is -0.377 e. The molecule has 10 heteroatoms. The molecule has 2 rings (SSSR count). The molecule has 23 heavy (non-hydrogen) atoms. The maximum absolute atomic E-state index is 12.0. The highest BCUT2D eigenvalue weighted by Crippen LogP contribution is 2.22. The van der Waals surface area contributed by atoms with Crippen molar-refractivity contribution in [2.75, 3.05) is 20.3 Å². The van der Waals surface area contributed by atoms with Gasteiger partial charge < -0.3 is 14.8 Å². The van der Waals surface area contributed by atoms with E-state index in [1.807, 2.05) is 0 Å². The van der Waals surface area contributed by atoms with Gasteiger partial charge in [0.2, 0.25) is 5.91 Å². The number of carbonyl (C=O) groups is 1. The van der Waals surface area contributed by atoms with Gasteiger partial charge in [-0.15, -0.1) is 5.10 Å². The Kier molecular flexibility index (Phi) is 5.94. The first-order valence-electron chi connectivity index (χ1n) is 7.24. The van der Waals surface area contributed by atoms with Crippen LogP contribution in [0.5, 0.6) is 0 Å². The molecule has 0 aliphatic carbocycles. The summed E-state index contributed by atoms with van der Waals surface area (Å²) >= 11 is 0. The van der Waals surface area contributed by atoms with Crippen LogP contribution in [-0.4, -0.2) is 53.5 Å². The fraction of sp³-hybridized carbons (Fsp3) is 0.769. The maximum Gasteiger partial charge on any atom is 0.389 e. The molecule has 130 valence electrons. The summed E-state index contributed by atoms with van der Waals surface area (Å²) in [5.41, 5.74) is 0.524. The number of methoxy groups -OCH3 is 1. The quantitative estimate of drug-likeness (QED) is 0.810. The van der Waals surface area contributed by atoms with E-state index < -0.39 is 18.5 Å². The van der Waals surface area contributed by atoms with Crippen LogP contribution < -0.4 is 5.32 Å². The van der Waals surface area contributed by atoms with Gasteiger partial charge in [-0.2, -0.15) is 13.2 Å². The average molecular weight is 336 g/mol. The summed E-state index contributed by atoms with van der Waals surface area (Å²) in [5, 5.41) is 10.4. The zero-order valence-corrected chi connectivity index (χ0v) is 12.7. The van der Waals surface area contributed by atoms with Gasteiger partial charge in [-0.05, 0) is 6.42 Å². The van der Waals surface area contributed by atoms with E-state index in [1.165, 1.54) is 0 Å². The number of aromatic nitrogens is 3. The Morgan fingerprint density at radius 1 is 1.52 bits per heavy atom. The predicted octanol–water partition coefficient (Wildman–Crippen LogP) is 1.21. The van der Waals surface area contributed by atoms with Crippen molar-refractivity contribution in [2.24, 2.45) is 0 Å². The molecule has 0 aromatic carbocycles. The molecule has 2 atom stereocenters. The molecule has 0 unspecified atom stereocenters.